The Morgan fingerprint density at radius 3 is 2.63 bits per heavy atom. The number of terminal acetylenes is 1. The fraction of sp³-hybridized carbons (Fsp3) is 0.467. The summed E-state index contributed by atoms with van der Waals surface area (Å²) >= 11 is 0. The maximum Gasteiger partial charge on any atom is 0.119 e. The largest absolute Gasteiger partial charge is 0.497 e. The minimum absolute atomic E-state index is 0.258. The third kappa shape index (κ3) is 6.70. The van der Waals surface area contributed by atoms with E-state index in [0.717, 1.165) is 25.1 Å². The number of unbranched alkanes of at least 4 members (excludes halogenated alkanes) is 1. The molecule has 0 aliphatic rings. The summed E-state index contributed by atoms with van der Waals surface area (Å²) in [4.78, 5) is 0. The van der Waals surface area contributed by atoms with E-state index in [2.05, 4.69) is 11.2 Å². The Balaban J connectivity index is 2.15. The Labute approximate surface area is 114 Å². The molecule has 0 bridgehead atoms. The number of methoxy groups -OCH3 is 1. The van der Waals surface area contributed by atoms with Crippen LogP contribution in [0.3, 0.4) is 0 Å². The first-order chi connectivity index (χ1) is 9.26. The lowest BCUT2D eigenvalue weighted by molar-refractivity contribution is 0.106. The molecular weight excluding hydrogens is 242 g/mol. The first kappa shape index (κ1) is 15.4. The Hall–Kier alpha value is -1.70. The molecule has 0 saturated heterocycles. The summed E-state index contributed by atoms with van der Waals surface area (Å²) in [5.74, 6) is 4.07. The van der Waals surface area contributed by atoms with E-state index in [-0.39, 0.29) is 6.61 Å². The molecule has 4 nitrogen and oxygen atoms in total. The van der Waals surface area contributed by atoms with E-state index < -0.39 is 6.10 Å². The van der Waals surface area contributed by atoms with E-state index in [1.54, 1.807) is 7.11 Å². The monoisotopic (exact) mass is 263 g/mol. The Bertz CT molecular complexity index is 383. The third-order valence-electron chi connectivity index (χ3n) is 2.56. The fourth-order valence-corrected chi connectivity index (χ4v) is 1.51. The quantitative estimate of drug-likeness (QED) is 0.523. The lowest BCUT2D eigenvalue weighted by Crippen LogP contribution is -2.31. The molecule has 1 atom stereocenters. The van der Waals surface area contributed by atoms with E-state index in [1.165, 1.54) is 0 Å². The van der Waals surface area contributed by atoms with Gasteiger partial charge in [0.2, 0.25) is 0 Å². The van der Waals surface area contributed by atoms with Gasteiger partial charge in [-0.1, -0.05) is 0 Å². The van der Waals surface area contributed by atoms with Crippen LogP contribution in [0.4, 0.5) is 0 Å². The second-order valence-electron chi connectivity index (χ2n) is 4.15. The van der Waals surface area contributed by atoms with Crippen molar-refractivity contribution in [3.05, 3.63) is 24.3 Å². The lowest BCUT2D eigenvalue weighted by Gasteiger charge is -2.13. The van der Waals surface area contributed by atoms with Crippen LogP contribution in [0.25, 0.3) is 0 Å². The first-order valence-corrected chi connectivity index (χ1v) is 6.35. The molecular formula is C15H21NO3. The summed E-state index contributed by atoms with van der Waals surface area (Å²) in [5.41, 5.74) is 0. The average Bonchev–Trinajstić information content (AvgIpc) is 2.45. The van der Waals surface area contributed by atoms with Gasteiger partial charge in [0, 0.05) is 13.0 Å². The highest BCUT2D eigenvalue weighted by atomic mass is 16.5. The third-order valence-corrected chi connectivity index (χ3v) is 2.56. The van der Waals surface area contributed by atoms with Crippen molar-refractivity contribution in [2.45, 2.75) is 18.9 Å². The summed E-state index contributed by atoms with van der Waals surface area (Å²) in [6, 6.07) is 7.26. The van der Waals surface area contributed by atoms with Crippen molar-refractivity contribution in [2.24, 2.45) is 0 Å². The van der Waals surface area contributed by atoms with Gasteiger partial charge >= 0.3 is 0 Å². The van der Waals surface area contributed by atoms with Crippen LogP contribution in [0.2, 0.25) is 0 Å². The summed E-state index contributed by atoms with van der Waals surface area (Å²) in [6.45, 7) is 1.57. The van der Waals surface area contributed by atoms with Crippen molar-refractivity contribution >= 4 is 0 Å². The molecule has 19 heavy (non-hydrogen) atoms. The zero-order chi connectivity index (χ0) is 13.9. The molecule has 0 aliphatic carbocycles. The van der Waals surface area contributed by atoms with Crippen molar-refractivity contribution in [3.8, 4) is 23.8 Å². The summed E-state index contributed by atoms with van der Waals surface area (Å²) in [6.07, 6.45) is 6.29. The average molecular weight is 263 g/mol. The Morgan fingerprint density at radius 1 is 1.32 bits per heavy atom. The van der Waals surface area contributed by atoms with Gasteiger partial charge in [0.25, 0.3) is 0 Å². The van der Waals surface area contributed by atoms with E-state index in [1.807, 2.05) is 24.3 Å². The normalized spacial score (nSPS) is 11.6. The second-order valence-corrected chi connectivity index (χ2v) is 4.15. The van der Waals surface area contributed by atoms with Crippen molar-refractivity contribution in [1.29, 1.82) is 0 Å². The number of benzene rings is 1. The summed E-state index contributed by atoms with van der Waals surface area (Å²) < 4.78 is 10.5. The first-order valence-electron chi connectivity index (χ1n) is 6.35. The number of nitrogens with one attached hydrogen (secondary N) is 1. The standard InChI is InChI=1S/C15H21NO3/c1-3-4-5-10-16-11-13(17)12-19-15-8-6-14(18-2)7-9-15/h1,6-9,13,16-17H,4-5,10-12H2,2H3. The molecule has 1 unspecified atom stereocenters. The fourth-order valence-electron chi connectivity index (χ4n) is 1.51. The number of ether oxygens (including phenoxy) is 2. The number of rotatable bonds is 9. The van der Waals surface area contributed by atoms with Gasteiger partial charge in [0.15, 0.2) is 0 Å². The van der Waals surface area contributed by atoms with Crippen LogP contribution >= 0.6 is 0 Å². The summed E-state index contributed by atoms with van der Waals surface area (Å²) in [5, 5.41) is 12.8. The van der Waals surface area contributed by atoms with Gasteiger partial charge in [-0.15, -0.1) is 12.3 Å². The number of hydrogen-bond acceptors (Lipinski definition) is 4. The maximum atomic E-state index is 9.72. The van der Waals surface area contributed by atoms with Gasteiger partial charge in [-0.25, -0.2) is 0 Å². The van der Waals surface area contributed by atoms with Crippen LogP contribution in [-0.4, -0.2) is 38.0 Å². The van der Waals surface area contributed by atoms with Crippen LogP contribution in [0, 0.1) is 12.3 Å². The highest BCUT2D eigenvalue weighted by Gasteiger charge is 2.04. The zero-order valence-corrected chi connectivity index (χ0v) is 11.3. The van der Waals surface area contributed by atoms with Crippen molar-refractivity contribution in [3.63, 3.8) is 0 Å². The van der Waals surface area contributed by atoms with Gasteiger partial charge in [0.05, 0.1) is 7.11 Å². The molecule has 0 heterocycles. The van der Waals surface area contributed by atoms with Gasteiger partial charge in [0.1, 0.15) is 24.2 Å². The van der Waals surface area contributed by atoms with Gasteiger partial charge in [-0.05, 0) is 37.2 Å². The molecule has 104 valence electrons. The SMILES string of the molecule is C#CCCCNCC(O)COc1ccc(OC)cc1. The van der Waals surface area contributed by atoms with E-state index in [0.29, 0.717) is 12.3 Å². The smallest absolute Gasteiger partial charge is 0.119 e. The molecule has 1 aromatic carbocycles. The molecule has 0 aromatic heterocycles. The highest BCUT2D eigenvalue weighted by Crippen LogP contribution is 2.16. The molecule has 1 aromatic rings. The van der Waals surface area contributed by atoms with Crippen LogP contribution in [0.15, 0.2) is 24.3 Å². The predicted molar refractivity (Wildman–Crippen MR) is 75.4 cm³/mol. The number of hydrogen-bond donors (Lipinski definition) is 2. The Morgan fingerprint density at radius 2 is 2.00 bits per heavy atom. The van der Waals surface area contributed by atoms with Crippen molar-refractivity contribution in [2.75, 3.05) is 26.8 Å². The van der Waals surface area contributed by atoms with Gasteiger partial charge < -0.3 is 19.9 Å². The van der Waals surface area contributed by atoms with Crippen LogP contribution in [-0.2, 0) is 0 Å². The molecule has 0 amide bonds. The maximum absolute atomic E-state index is 9.72. The van der Waals surface area contributed by atoms with Crippen LogP contribution < -0.4 is 14.8 Å². The molecule has 0 aliphatic heterocycles. The molecule has 1 rings (SSSR count). The molecule has 2 N–H and O–H groups in total. The summed E-state index contributed by atoms with van der Waals surface area (Å²) in [7, 11) is 1.62. The predicted octanol–water partition coefficient (Wildman–Crippen LogP) is 1.44. The van der Waals surface area contributed by atoms with E-state index in [9.17, 15) is 5.11 Å². The molecule has 0 spiro atoms. The number of aliphatic hydroxyl groups is 1. The van der Waals surface area contributed by atoms with E-state index in [4.69, 9.17) is 15.9 Å². The Kier molecular flexibility index (Phi) is 7.48. The molecule has 0 saturated carbocycles. The zero-order valence-electron chi connectivity index (χ0n) is 11.3. The van der Waals surface area contributed by atoms with Crippen LogP contribution in [0.5, 0.6) is 11.5 Å². The van der Waals surface area contributed by atoms with Gasteiger partial charge in [-0.3, -0.25) is 0 Å². The second kappa shape index (κ2) is 9.26. The van der Waals surface area contributed by atoms with Crippen molar-refractivity contribution in [1.82, 2.24) is 5.32 Å². The van der Waals surface area contributed by atoms with E-state index >= 15 is 0 Å². The minimum atomic E-state index is -0.534. The topological polar surface area (TPSA) is 50.7 Å². The lowest BCUT2D eigenvalue weighted by atomic mass is 10.3. The van der Waals surface area contributed by atoms with Crippen molar-refractivity contribution < 1.29 is 14.6 Å². The highest BCUT2D eigenvalue weighted by molar-refractivity contribution is 5.31. The van der Waals surface area contributed by atoms with Gasteiger partial charge in [-0.2, -0.15) is 0 Å². The molecule has 0 fully saturated rings. The van der Waals surface area contributed by atoms with Crippen LogP contribution in [0.1, 0.15) is 12.8 Å². The minimum Gasteiger partial charge on any atom is -0.497 e. The molecule has 4 heteroatoms. The number of aliphatic hydroxyl groups excluding tert-OH is 1. The molecule has 0 radical (unpaired) electrons.